The number of hydrogen-bond donors (Lipinski definition) is 0. The Hall–Kier alpha value is -2.14. The SMILES string of the molecule is Cc1cc(C2CCCCN2C(=O)c2ccc(CN3CCCCC3)cc2)no1. The normalized spacial score (nSPS) is 21.4. The highest BCUT2D eigenvalue weighted by molar-refractivity contribution is 5.94. The van der Waals surface area contributed by atoms with E-state index in [0.29, 0.717) is 0 Å². The van der Waals surface area contributed by atoms with Crippen LogP contribution in [0.15, 0.2) is 34.9 Å². The molecule has 0 radical (unpaired) electrons. The number of amides is 1. The smallest absolute Gasteiger partial charge is 0.254 e. The van der Waals surface area contributed by atoms with Gasteiger partial charge in [-0.3, -0.25) is 9.69 Å². The van der Waals surface area contributed by atoms with Crippen molar-refractivity contribution >= 4 is 5.91 Å². The van der Waals surface area contributed by atoms with Crippen molar-refractivity contribution in [3.8, 4) is 0 Å². The summed E-state index contributed by atoms with van der Waals surface area (Å²) in [5.74, 6) is 0.898. The van der Waals surface area contributed by atoms with Gasteiger partial charge in [-0.15, -0.1) is 0 Å². The number of nitrogens with zero attached hydrogens (tertiary/aromatic N) is 3. The lowest BCUT2D eigenvalue weighted by atomic mass is 9.97. The largest absolute Gasteiger partial charge is 0.361 e. The highest BCUT2D eigenvalue weighted by Crippen LogP contribution is 2.31. The van der Waals surface area contributed by atoms with Gasteiger partial charge in [0.05, 0.1) is 6.04 Å². The zero-order valence-electron chi connectivity index (χ0n) is 16.2. The fourth-order valence-electron chi connectivity index (χ4n) is 4.32. The van der Waals surface area contributed by atoms with Gasteiger partial charge in [0.25, 0.3) is 5.91 Å². The van der Waals surface area contributed by atoms with Crippen molar-refractivity contribution in [3.05, 3.63) is 52.9 Å². The topological polar surface area (TPSA) is 49.6 Å². The number of aryl methyl sites for hydroxylation is 1. The molecular formula is C22H29N3O2. The molecule has 144 valence electrons. The minimum absolute atomic E-state index is 0.0247. The van der Waals surface area contributed by atoms with E-state index in [9.17, 15) is 4.79 Å². The molecule has 1 aromatic carbocycles. The van der Waals surface area contributed by atoms with Crippen LogP contribution in [0.5, 0.6) is 0 Å². The fraction of sp³-hybridized carbons (Fsp3) is 0.545. The number of carbonyl (C=O) groups is 1. The number of piperidine rings is 2. The predicted octanol–water partition coefficient (Wildman–Crippen LogP) is 4.34. The Labute approximate surface area is 161 Å². The van der Waals surface area contributed by atoms with Crippen LogP contribution >= 0.6 is 0 Å². The average molecular weight is 367 g/mol. The van der Waals surface area contributed by atoms with Crippen molar-refractivity contribution in [2.75, 3.05) is 19.6 Å². The quantitative estimate of drug-likeness (QED) is 0.807. The molecule has 2 aromatic rings. The number of aromatic nitrogens is 1. The Morgan fingerprint density at radius 1 is 1.07 bits per heavy atom. The van der Waals surface area contributed by atoms with Gasteiger partial charge in [-0.05, 0) is 69.8 Å². The highest BCUT2D eigenvalue weighted by atomic mass is 16.5. The molecule has 1 amide bonds. The summed E-state index contributed by atoms with van der Waals surface area (Å²) in [7, 11) is 0. The standard InChI is InChI=1S/C22H29N3O2/c1-17-15-20(23-27-17)21-7-3-6-14-25(21)22(26)19-10-8-18(9-11-19)16-24-12-4-2-5-13-24/h8-11,15,21H,2-7,12-14,16H2,1H3. The third-order valence-corrected chi connectivity index (χ3v) is 5.81. The summed E-state index contributed by atoms with van der Waals surface area (Å²) in [6.07, 6.45) is 7.07. The van der Waals surface area contributed by atoms with Gasteiger partial charge in [-0.25, -0.2) is 0 Å². The Morgan fingerprint density at radius 2 is 1.81 bits per heavy atom. The van der Waals surface area contributed by atoms with Gasteiger partial charge in [0.15, 0.2) is 0 Å². The molecule has 27 heavy (non-hydrogen) atoms. The van der Waals surface area contributed by atoms with Gasteiger partial charge in [0.1, 0.15) is 11.5 Å². The molecule has 2 fully saturated rings. The van der Waals surface area contributed by atoms with Crippen LogP contribution in [0.4, 0.5) is 0 Å². The van der Waals surface area contributed by atoms with Crippen LogP contribution in [0, 0.1) is 6.92 Å². The number of hydrogen-bond acceptors (Lipinski definition) is 4. The minimum Gasteiger partial charge on any atom is -0.361 e. The summed E-state index contributed by atoms with van der Waals surface area (Å²) < 4.78 is 5.25. The molecule has 3 heterocycles. The molecule has 2 aliphatic rings. The molecule has 0 bridgehead atoms. The zero-order chi connectivity index (χ0) is 18.6. The summed E-state index contributed by atoms with van der Waals surface area (Å²) >= 11 is 0. The van der Waals surface area contributed by atoms with E-state index in [-0.39, 0.29) is 11.9 Å². The first-order valence-electron chi connectivity index (χ1n) is 10.3. The third-order valence-electron chi connectivity index (χ3n) is 5.81. The first-order valence-corrected chi connectivity index (χ1v) is 10.3. The van der Waals surface area contributed by atoms with Crippen LogP contribution in [0.1, 0.15) is 71.9 Å². The average Bonchev–Trinajstić information content (AvgIpc) is 3.15. The Morgan fingerprint density at radius 3 is 2.52 bits per heavy atom. The van der Waals surface area contributed by atoms with Crippen LogP contribution in [-0.2, 0) is 6.54 Å². The lowest BCUT2D eigenvalue weighted by molar-refractivity contribution is 0.0602. The van der Waals surface area contributed by atoms with Gasteiger partial charge in [-0.2, -0.15) is 0 Å². The van der Waals surface area contributed by atoms with Crippen LogP contribution < -0.4 is 0 Å². The van der Waals surface area contributed by atoms with Gasteiger partial charge in [-0.1, -0.05) is 23.7 Å². The van der Waals surface area contributed by atoms with E-state index in [2.05, 4.69) is 22.2 Å². The number of rotatable bonds is 4. The third kappa shape index (κ3) is 4.24. The zero-order valence-corrected chi connectivity index (χ0v) is 16.2. The van der Waals surface area contributed by atoms with E-state index in [4.69, 9.17) is 4.52 Å². The summed E-state index contributed by atoms with van der Waals surface area (Å²) in [6.45, 7) is 6.04. The van der Waals surface area contributed by atoms with E-state index >= 15 is 0 Å². The van der Waals surface area contributed by atoms with Gasteiger partial charge in [0.2, 0.25) is 0 Å². The summed E-state index contributed by atoms with van der Waals surface area (Å²) in [5.41, 5.74) is 2.93. The molecule has 1 atom stereocenters. The van der Waals surface area contributed by atoms with Gasteiger partial charge >= 0.3 is 0 Å². The molecule has 0 N–H and O–H groups in total. The second-order valence-electron chi connectivity index (χ2n) is 7.91. The van der Waals surface area contributed by atoms with E-state index in [0.717, 1.165) is 49.4 Å². The molecule has 0 saturated carbocycles. The van der Waals surface area contributed by atoms with Crippen LogP contribution in [-0.4, -0.2) is 40.5 Å². The van der Waals surface area contributed by atoms with E-state index < -0.39 is 0 Å². The summed E-state index contributed by atoms with van der Waals surface area (Å²) in [6, 6.07) is 10.2. The lowest BCUT2D eigenvalue weighted by Gasteiger charge is -2.34. The van der Waals surface area contributed by atoms with Crippen LogP contribution in [0.2, 0.25) is 0 Å². The first-order chi connectivity index (χ1) is 13.2. The minimum atomic E-state index is 0.0247. The summed E-state index contributed by atoms with van der Waals surface area (Å²) in [5, 5.41) is 4.17. The van der Waals surface area contributed by atoms with Crippen molar-refractivity contribution < 1.29 is 9.32 Å². The molecule has 2 aliphatic heterocycles. The second kappa shape index (κ2) is 8.26. The molecule has 4 rings (SSSR count). The van der Waals surface area contributed by atoms with E-state index in [1.807, 2.05) is 30.0 Å². The number of likely N-dealkylation sites (tertiary alicyclic amines) is 2. The second-order valence-corrected chi connectivity index (χ2v) is 7.91. The van der Waals surface area contributed by atoms with Crippen molar-refractivity contribution in [2.45, 2.75) is 58.0 Å². The lowest BCUT2D eigenvalue weighted by Crippen LogP contribution is -2.38. The monoisotopic (exact) mass is 367 g/mol. The molecule has 5 heteroatoms. The molecule has 0 spiro atoms. The van der Waals surface area contributed by atoms with E-state index in [1.54, 1.807) is 0 Å². The summed E-state index contributed by atoms with van der Waals surface area (Å²) in [4.78, 5) is 17.6. The van der Waals surface area contributed by atoms with Crippen LogP contribution in [0.25, 0.3) is 0 Å². The Kier molecular flexibility index (Phi) is 5.58. The maximum Gasteiger partial charge on any atom is 0.254 e. The van der Waals surface area contributed by atoms with Crippen molar-refractivity contribution in [1.82, 2.24) is 15.0 Å². The van der Waals surface area contributed by atoms with Crippen molar-refractivity contribution in [1.29, 1.82) is 0 Å². The maximum absolute atomic E-state index is 13.1. The van der Waals surface area contributed by atoms with Gasteiger partial charge in [0, 0.05) is 24.7 Å². The highest BCUT2D eigenvalue weighted by Gasteiger charge is 2.30. The number of benzene rings is 1. The molecule has 5 nitrogen and oxygen atoms in total. The molecule has 2 saturated heterocycles. The fourth-order valence-corrected chi connectivity index (χ4v) is 4.32. The van der Waals surface area contributed by atoms with E-state index in [1.165, 1.54) is 37.9 Å². The molecular weight excluding hydrogens is 338 g/mol. The molecule has 1 unspecified atom stereocenters. The number of carbonyl (C=O) groups excluding carboxylic acids is 1. The molecule has 1 aromatic heterocycles. The molecule has 0 aliphatic carbocycles. The Balaban J connectivity index is 1.45. The Bertz CT molecular complexity index is 762. The van der Waals surface area contributed by atoms with Crippen molar-refractivity contribution in [3.63, 3.8) is 0 Å². The van der Waals surface area contributed by atoms with Crippen molar-refractivity contribution in [2.24, 2.45) is 0 Å². The predicted molar refractivity (Wildman–Crippen MR) is 104 cm³/mol. The maximum atomic E-state index is 13.1. The van der Waals surface area contributed by atoms with Crippen LogP contribution in [0.3, 0.4) is 0 Å². The first kappa shape index (κ1) is 18.2. The van der Waals surface area contributed by atoms with Gasteiger partial charge < -0.3 is 9.42 Å².